The van der Waals surface area contributed by atoms with Gasteiger partial charge in [0.15, 0.2) is 0 Å². The molecule has 2 aromatic carbocycles. The SMILES string of the molecule is CC1(NS(=O)(=O)c2cc(NC(=O)Cc3ccccc3Cl)cc3c2CNC3)COC1. The highest BCUT2D eigenvalue weighted by molar-refractivity contribution is 7.89. The van der Waals surface area contributed by atoms with Gasteiger partial charge in [0.25, 0.3) is 0 Å². The van der Waals surface area contributed by atoms with E-state index in [4.69, 9.17) is 16.3 Å². The predicted molar refractivity (Wildman–Crippen MR) is 110 cm³/mol. The van der Waals surface area contributed by atoms with Crippen molar-refractivity contribution in [3.05, 3.63) is 58.1 Å². The summed E-state index contributed by atoms with van der Waals surface area (Å²) in [5.74, 6) is -0.264. The van der Waals surface area contributed by atoms with E-state index in [0.717, 1.165) is 11.1 Å². The third-order valence-corrected chi connectivity index (χ3v) is 7.10. The van der Waals surface area contributed by atoms with Gasteiger partial charge in [-0.3, -0.25) is 4.79 Å². The molecule has 0 aliphatic carbocycles. The molecule has 0 atom stereocenters. The second-order valence-electron chi connectivity index (χ2n) is 7.69. The van der Waals surface area contributed by atoms with Crippen LogP contribution in [0, 0.1) is 0 Å². The number of carbonyl (C=O) groups excluding carboxylic acids is 1. The summed E-state index contributed by atoms with van der Waals surface area (Å²) in [5.41, 5.74) is 2.13. The highest BCUT2D eigenvalue weighted by atomic mass is 35.5. The molecule has 1 fully saturated rings. The number of carbonyl (C=O) groups is 1. The van der Waals surface area contributed by atoms with Crippen LogP contribution >= 0.6 is 11.6 Å². The van der Waals surface area contributed by atoms with Crippen LogP contribution in [0.5, 0.6) is 0 Å². The summed E-state index contributed by atoms with van der Waals surface area (Å²) in [6.45, 7) is 3.49. The molecule has 2 heterocycles. The minimum Gasteiger partial charge on any atom is -0.377 e. The fourth-order valence-electron chi connectivity index (χ4n) is 3.56. The molecule has 2 aliphatic rings. The number of hydrogen-bond donors (Lipinski definition) is 3. The van der Waals surface area contributed by atoms with Gasteiger partial charge in [0.05, 0.1) is 30.1 Å². The Morgan fingerprint density at radius 3 is 2.69 bits per heavy atom. The van der Waals surface area contributed by atoms with Crippen LogP contribution in [-0.2, 0) is 39.1 Å². The molecule has 0 bridgehead atoms. The standard InChI is InChI=1S/C20H22ClN3O4S/c1-20(11-28-12-20)24-29(26,27)18-8-15(6-14-9-22-10-16(14)18)23-19(25)7-13-4-2-3-5-17(13)21/h2-6,8,22,24H,7,9-12H2,1H3,(H,23,25). The molecule has 2 aliphatic heterocycles. The number of hydrogen-bond acceptors (Lipinski definition) is 5. The summed E-state index contributed by atoms with van der Waals surface area (Å²) >= 11 is 6.13. The second-order valence-corrected chi connectivity index (χ2v) is 9.75. The molecule has 9 heteroatoms. The van der Waals surface area contributed by atoms with E-state index in [1.54, 1.807) is 18.2 Å². The number of ether oxygens (including phenoxy) is 1. The number of amides is 1. The smallest absolute Gasteiger partial charge is 0.241 e. The number of halogens is 1. The summed E-state index contributed by atoms with van der Waals surface area (Å²) in [5, 5.41) is 6.50. The van der Waals surface area contributed by atoms with Crippen molar-refractivity contribution in [2.75, 3.05) is 18.5 Å². The summed E-state index contributed by atoms with van der Waals surface area (Å²) in [6.07, 6.45) is 0.102. The molecule has 0 spiro atoms. The van der Waals surface area contributed by atoms with E-state index >= 15 is 0 Å². The van der Waals surface area contributed by atoms with Gasteiger partial charge >= 0.3 is 0 Å². The van der Waals surface area contributed by atoms with E-state index in [1.807, 2.05) is 19.1 Å². The first kappa shape index (κ1) is 20.3. The lowest BCUT2D eigenvalue weighted by Crippen LogP contribution is -2.59. The maximum absolute atomic E-state index is 13.0. The van der Waals surface area contributed by atoms with Crippen molar-refractivity contribution in [1.29, 1.82) is 0 Å². The zero-order valence-corrected chi connectivity index (χ0v) is 17.5. The maximum Gasteiger partial charge on any atom is 0.241 e. The number of rotatable bonds is 6. The highest BCUT2D eigenvalue weighted by Gasteiger charge is 2.39. The van der Waals surface area contributed by atoms with Crippen LogP contribution in [0.1, 0.15) is 23.6 Å². The number of anilines is 1. The van der Waals surface area contributed by atoms with Crippen molar-refractivity contribution in [3.63, 3.8) is 0 Å². The molecule has 0 aromatic heterocycles. The molecule has 154 valence electrons. The van der Waals surface area contributed by atoms with Gasteiger partial charge in [-0.15, -0.1) is 0 Å². The molecule has 3 N–H and O–H groups in total. The third kappa shape index (κ3) is 4.31. The van der Waals surface area contributed by atoms with Gasteiger partial charge in [-0.25, -0.2) is 13.1 Å². The van der Waals surface area contributed by atoms with Crippen molar-refractivity contribution in [2.45, 2.75) is 36.9 Å². The van der Waals surface area contributed by atoms with Crippen molar-refractivity contribution < 1.29 is 17.9 Å². The van der Waals surface area contributed by atoms with E-state index in [2.05, 4.69) is 15.4 Å². The summed E-state index contributed by atoms with van der Waals surface area (Å²) in [4.78, 5) is 12.7. The van der Waals surface area contributed by atoms with E-state index in [1.165, 1.54) is 6.07 Å². The lowest BCUT2D eigenvalue weighted by Gasteiger charge is -2.38. The van der Waals surface area contributed by atoms with Crippen molar-refractivity contribution in [3.8, 4) is 0 Å². The van der Waals surface area contributed by atoms with Crippen LogP contribution in [0.15, 0.2) is 41.3 Å². The molecule has 0 radical (unpaired) electrons. The lowest BCUT2D eigenvalue weighted by molar-refractivity contribution is -0.115. The molecule has 29 heavy (non-hydrogen) atoms. The molecule has 7 nitrogen and oxygen atoms in total. The molecule has 0 saturated carbocycles. The Labute approximate surface area is 174 Å². The number of fused-ring (bicyclic) bond motifs is 1. The Morgan fingerprint density at radius 2 is 2.00 bits per heavy atom. The Hall–Kier alpha value is -1.97. The first-order valence-corrected chi connectivity index (χ1v) is 11.1. The zero-order chi connectivity index (χ0) is 20.6. The van der Waals surface area contributed by atoms with Gasteiger partial charge in [-0.2, -0.15) is 0 Å². The maximum atomic E-state index is 13.0. The van der Waals surface area contributed by atoms with Gasteiger partial charge in [0.1, 0.15) is 0 Å². The molecule has 2 aromatic rings. The summed E-state index contributed by atoms with van der Waals surface area (Å²) < 4.78 is 34.0. The number of benzene rings is 2. The molecular formula is C20H22ClN3O4S. The van der Waals surface area contributed by atoms with Crippen LogP contribution in [-0.4, -0.2) is 33.1 Å². The van der Waals surface area contributed by atoms with Gasteiger partial charge in [-0.05, 0) is 41.8 Å². The molecule has 4 rings (SSSR count). The topological polar surface area (TPSA) is 96.5 Å². The molecular weight excluding hydrogens is 414 g/mol. The lowest BCUT2D eigenvalue weighted by atomic mass is 10.0. The van der Waals surface area contributed by atoms with E-state index in [9.17, 15) is 13.2 Å². The van der Waals surface area contributed by atoms with Gasteiger partial charge in [0, 0.05) is 23.8 Å². The largest absolute Gasteiger partial charge is 0.377 e. The Kier molecular flexibility index (Phi) is 5.39. The van der Waals surface area contributed by atoms with Crippen LogP contribution in [0.25, 0.3) is 0 Å². The minimum atomic E-state index is -3.77. The van der Waals surface area contributed by atoms with Gasteiger partial charge < -0.3 is 15.4 Å². The molecule has 1 saturated heterocycles. The minimum absolute atomic E-state index is 0.102. The normalized spacial score (nSPS) is 17.4. The van der Waals surface area contributed by atoms with E-state index < -0.39 is 15.6 Å². The van der Waals surface area contributed by atoms with Crippen molar-refractivity contribution in [1.82, 2.24) is 10.0 Å². The fraction of sp³-hybridized carbons (Fsp3) is 0.350. The average Bonchev–Trinajstić information content (AvgIpc) is 3.09. The Bertz CT molecular complexity index is 1070. The van der Waals surface area contributed by atoms with Crippen LogP contribution in [0.2, 0.25) is 5.02 Å². The van der Waals surface area contributed by atoms with Crippen molar-refractivity contribution >= 4 is 33.2 Å². The van der Waals surface area contributed by atoms with Gasteiger partial charge in [0.2, 0.25) is 15.9 Å². The van der Waals surface area contributed by atoms with Crippen LogP contribution < -0.4 is 15.4 Å². The highest BCUT2D eigenvalue weighted by Crippen LogP contribution is 2.30. The van der Waals surface area contributed by atoms with E-state index in [0.29, 0.717) is 42.6 Å². The van der Waals surface area contributed by atoms with Crippen molar-refractivity contribution in [2.24, 2.45) is 0 Å². The monoisotopic (exact) mass is 435 g/mol. The average molecular weight is 436 g/mol. The Morgan fingerprint density at radius 1 is 1.24 bits per heavy atom. The summed E-state index contributed by atoms with van der Waals surface area (Å²) in [7, 11) is -3.77. The summed E-state index contributed by atoms with van der Waals surface area (Å²) in [6, 6.07) is 10.5. The Balaban J connectivity index is 1.59. The second kappa shape index (κ2) is 7.70. The number of sulfonamides is 1. The van der Waals surface area contributed by atoms with Crippen LogP contribution in [0.3, 0.4) is 0 Å². The van der Waals surface area contributed by atoms with Gasteiger partial charge in [-0.1, -0.05) is 29.8 Å². The zero-order valence-electron chi connectivity index (χ0n) is 15.9. The first-order valence-electron chi connectivity index (χ1n) is 9.27. The fourth-order valence-corrected chi connectivity index (χ4v) is 5.45. The van der Waals surface area contributed by atoms with Crippen LogP contribution in [0.4, 0.5) is 5.69 Å². The molecule has 0 unspecified atom stereocenters. The first-order chi connectivity index (χ1) is 13.8. The third-order valence-electron chi connectivity index (χ3n) is 5.02. The quantitative estimate of drug-likeness (QED) is 0.646. The predicted octanol–water partition coefficient (Wildman–Crippen LogP) is 2.19. The molecule has 1 amide bonds. The number of nitrogens with one attached hydrogen (secondary N) is 3. The van der Waals surface area contributed by atoms with E-state index in [-0.39, 0.29) is 17.2 Å².